The first-order chi connectivity index (χ1) is 15.0. The number of carbonyl (C=O) groups is 2. The zero-order chi connectivity index (χ0) is 23.2. The summed E-state index contributed by atoms with van der Waals surface area (Å²) in [5.41, 5.74) is 8.19. The number of hydrogen-bond acceptors (Lipinski definition) is 5. The zero-order valence-electron chi connectivity index (χ0n) is 17.7. The summed E-state index contributed by atoms with van der Waals surface area (Å²) in [4.78, 5) is 24.3. The van der Waals surface area contributed by atoms with Gasteiger partial charge in [-0.2, -0.15) is 5.10 Å². The lowest BCUT2D eigenvalue weighted by molar-refractivity contribution is -0.115. The van der Waals surface area contributed by atoms with E-state index in [1.807, 2.05) is 12.1 Å². The normalized spacial score (nSPS) is 14.0. The van der Waals surface area contributed by atoms with Crippen molar-refractivity contribution in [3.8, 4) is 5.69 Å². The van der Waals surface area contributed by atoms with E-state index in [0.717, 1.165) is 33.4 Å². The summed E-state index contributed by atoms with van der Waals surface area (Å²) < 4.78 is 28.6. The van der Waals surface area contributed by atoms with Crippen LogP contribution in [-0.4, -0.2) is 42.7 Å². The number of fused-ring (bicyclic) bond motifs is 1. The summed E-state index contributed by atoms with van der Waals surface area (Å²) in [5, 5.41) is 5.12. The Kier molecular flexibility index (Phi) is 5.85. The molecular formula is C22H23BrN4O4S. The van der Waals surface area contributed by atoms with E-state index < -0.39 is 15.9 Å². The van der Waals surface area contributed by atoms with Crippen LogP contribution in [0.25, 0.3) is 16.6 Å². The third-order valence-corrected chi connectivity index (χ3v) is 7.07. The average molecular weight is 519 g/mol. The maximum Gasteiger partial charge on any atom is 0.268 e. The zero-order valence-corrected chi connectivity index (χ0v) is 20.1. The number of Topliss-reactive ketones (excluding diaryl/α,β-unsaturated/α-hetero) is 1. The molecule has 8 nitrogen and oxygen atoms in total. The maximum absolute atomic E-state index is 12.6. The molecule has 32 heavy (non-hydrogen) atoms. The fourth-order valence-electron chi connectivity index (χ4n) is 3.78. The van der Waals surface area contributed by atoms with Crippen molar-refractivity contribution in [3.05, 3.63) is 52.1 Å². The Labute approximate surface area is 194 Å². The lowest BCUT2D eigenvalue weighted by atomic mass is 10.0. The second-order valence-electron chi connectivity index (χ2n) is 8.22. The highest BCUT2D eigenvalue weighted by Crippen LogP contribution is 2.38. The van der Waals surface area contributed by atoms with Crippen LogP contribution in [0, 0.1) is 5.92 Å². The lowest BCUT2D eigenvalue weighted by Crippen LogP contribution is -2.34. The standard InChI is InChI=1S/C22H23BrN4O4S/c1-13(28)12-26(32(2,30)31)20-11-19-18(10-15(20)9-14-3-4-14)21(22(24)29)27(25-19)17-7-5-16(23)6-8-17/h5-8,10-11,14H,3-4,9,12H2,1-2H3,(H2,24,29). The van der Waals surface area contributed by atoms with E-state index in [2.05, 4.69) is 21.0 Å². The van der Waals surface area contributed by atoms with Gasteiger partial charge < -0.3 is 5.73 Å². The Morgan fingerprint density at radius 1 is 1.22 bits per heavy atom. The quantitative estimate of drug-likeness (QED) is 0.491. The first-order valence-corrected chi connectivity index (χ1v) is 12.8. The molecule has 3 aromatic rings. The minimum Gasteiger partial charge on any atom is -0.364 e. The molecule has 0 unspecified atom stereocenters. The molecule has 168 valence electrons. The van der Waals surface area contributed by atoms with Gasteiger partial charge in [0.25, 0.3) is 5.91 Å². The molecule has 1 heterocycles. The Balaban J connectivity index is 1.97. The van der Waals surface area contributed by atoms with E-state index in [-0.39, 0.29) is 18.0 Å². The summed E-state index contributed by atoms with van der Waals surface area (Å²) in [6.07, 6.45) is 3.85. The summed E-state index contributed by atoms with van der Waals surface area (Å²) in [7, 11) is -3.72. The van der Waals surface area contributed by atoms with Gasteiger partial charge in [-0.1, -0.05) is 15.9 Å². The fraction of sp³-hybridized carbons (Fsp3) is 0.318. The number of nitrogens with zero attached hydrogens (tertiary/aromatic N) is 3. The van der Waals surface area contributed by atoms with Crippen molar-refractivity contribution in [2.45, 2.75) is 26.2 Å². The molecule has 2 N–H and O–H groups in total. The predicted molar refractivity (Wildman–Crippen MR) is 127 cm³/mol. The van der Waals surface area contributed by atoms with Crippen molar-refractivity contribution < 1.29 is 18.0 Å². The van der Waals surface area contributed by atoms with Gasteiger partial charge in [-0.15, -0.1) is 0 Å². The minimum absolute atomic E-state index is 0.225. The van der Waals surface area contributed by atoms with Crippen LogP contribution in [0.3, 0.4) is 0 Å². The van der Waals surface area contributed by atoms with Crippen molar-refractivity contribution >= 4 is 54.2 Å². The number of halogens is 1. The van der Waals surface area contributed by atoms with Gasteiger partial charge in [-0.3, -0.25) is 13.9 Å². The second-order valence-corrected chi connectivity index (χ2v) is 11.0. The fourth-order valence-corrected chi connectivity index (χ4v) is 4.99. The van der Waals surface area contributed by atoms with Gasteiger partial charge in [-0.25, -0.2) is 13.1 Å². The van der Waals surface area contributed by atoms with E-state index in [0.29, 0.717) is 34.6 Å². The van der Waals surface area contributed by atoms with Crippen molar-refractivity contribution in [3.63, 3.8) is 0 Å². The van der Waals surface area contributed by atoms with Gasteiger partial charge in [0.05, 0.1) is 29.7 Å². The van der Waals surface area contributed by atoms with Crippen LogP contribution in [0.15, 0.2) is 40.9 Å². The van der Waals surface area contributed by atoms with E-state index in [1.54, 1.807) is 24.3 Å². The molecule has 0 bridgehead atoms. The minimum atomic E-state index is -3.72. The number of rotatable bonds is 8. The molecule has 1 aliphatic rings. The molecule has 1 amide bonds. The molecule has 0 aliphatic heterocycles. The molecule has 1 aliphatic carbocycles. The van der Waals surface area contributed by atoms with Crippen LogP contribution < -0.4 is 10.0 Å². The van der Waals surface area contributed by atoms with Crippen molar-refractivity contribution in [1.29, 1.82) is 0 Å². The van der Waals surface area contributed by atoms with Gasteiger partial charge in [0.2, 0.25) is 10.0 Å². The average Bonchev–Trinajstić information content (AvgIpc) is 3.43. The second kappa shape index (κ2) is 8.32. The third-order valence-electron chi connectivity index (χ3n) is 5.42. The summed E-state index contributed by atoms with van der Waals surface area (Å²) in [6, 6.07) is 10.7. The molecule has 1 fully saturated rings. The Morgan fingerprint density at radius 2 is 1.88 bits per heavy atom. The van der Waals surface area contributed by atoms with Gasteiger partial charge in [0, 0.05) is 9.86 Å². The number of ketones is 1. The largest absolute Gasteiger partial charge is 0.364 e. The lowest BCUT2D eigenvalue weighted by Gasteiger charge is -2.24. The van der Waals surface area contributed by atoms with E-state index in [1.165, 1.54) is 11.6 Å². The number of aromatic nitrogens is 2. The number of benzene rings is 2. The highest BCUT2D eigenvalue weighted by atomic mass is 79.9. The molecule has 10 heteroatoms. The third kappa shape index (κ3) is 4.56. The molecule has 1 aromatic heterocycles. The van der Waals surface area contributed by atoms with Crippen LogP contribution in [0.4, 0.5) is 5.69 Å². The number of primary amides is 1. The van der Waals surface area contributed by atoms with Gasteiger partial charge >= 0.3 is 0 Å². The van der Waals surface area contributed by atoms with Gasteiger partial charge in [0.1, 0.15) is 11.5 Å². The summed E-state index contributed by atoms with van der Waals surface area (Å²) >= 11 is 3.39. The Hall–Kier alpha value is -2.72. The number of hydrogen-bond donors (Lipinski definition) is 1. The van der Waals surface area contributed by atoms with Crippen LogP contribution in [0.2, 0.25) is 0 Å². The smallest absolute Gasteiger partial charge is 0.268 e. The number of nitrogens with two attached hydrogens (primary N) is 1. The summed E-state index contributed by atoms with van der Waals surface area (Å²) in [5.74, 6) is -0.459. The predicted octanol–water partition coefficient (Wildman–Crippen LogP) is 3.19. The highest BCUT2D eigenvalue weighted by Gasteiger charge is 2.29. The highest BCUT2D eigenvalue weighted by molar-refractivity contribution is 9.10. The Morgan fingerprint density at radius 3 is 2.41 bits per heavy atom. The van der Waals surface area contributed by atoms with Crippen molar-refractivity contribution in [2.75, 3.05) is 17.1 Å². The van der Waals surface area contributed by atoms with Crippen molar-refractivity contribution in [2.24, 2.45) is 11.7 Å². The monoisotopic (exact) mass is 518 g/mol. The van der Waals surface area contributed by atoms with Gasteiger partial charge in [0.15, 0.2) is 0 Å². The number of sulfonamides is 1. The van der Waals surface area contributed by atoms with Crippen LogP contribution in [0.5, 0.6) is 0 Å². The molecule has 1 saturated carbocycles. The molecule has 2 aromatic carbocycles. The first kappa shape index (κ1) is 22.5. The van der Waals surface area contributed by atoms with Gasteiger partial charge in [-0.05, 0) is 74.1 Å². The summed E-state index contributed by atoms with van der Waals surface area (Å²) in [6.45, 7) is 1.09. The van der Waals surface area contributed by atoms with Crippen molar-refractivity contribution in [1.82, 2.24) is 9.78 Å². The number of carbonyl (C=O) groups excluding carboxylic acids is 2. The molecular weight excluding hydrogens is 496 g/mol. The van der Waals surface area contributed by atoms with E-state index in [4.69, 9.17) is 5.73 Å². The SMILES string of the molecule is CC(=O)CN(c1cc2nn(-c3ccc(Br)cc3)c(C(N)=O)c2cc1CC1CC1)S(C)(=O)=O. The molecule has 0 spiro atoms. The first-order valence-electron chi connectivity index (χ1n) is 10.1. The maximum atomic E-state index is 12.6. The molecule has 4 rings (SSSR count). The Bertz CT molecular complexity index is 1330. The van der Waals surface area contributed by atoms with Crippen LogP contribution in [-0.2, 0) is 21.2 Å². The topological polar surface area (TPSA) is 115 Å². The number of anilines is 1. The van der Waals surface area contributed by atoms with Crippen LogP contribution >= 0.6 is 15.9 Å². The molecule has 0 atom stereocenters. The number of amides is 1. The molecule has 0 radical (unpaired) electrons. The van der Waals surface area contributed by atoms with E-state index in [9.17, 15) is 18.0 Å². The van der Waals surface area contributed by atoms with Crippen LogP contribution in [0.1, 0.15) is 35.8 Å². The molecule has 0 saturated heterocycles. The van der Waals surface area contributed by atoms with E-state index >= 15 is 0 Å².